The molecule has 0 radical (unpaired) electrons. The largest absolute Gasteiger partial charge is 0.370 e. The molecule has 6 heteroatoms. The maximum absolute atomic E-state index is 13.2. The Hall–Kier alpha value is -1.69. The molecule has 0 heterocycles. The Balaban J connectivity index is 2.65. The molecule has 0 spiro atoms. The quantitative estimate of drug-likeness (QED) is 0.411. The van der Waals surface area contributed by atoms with E-state index in [9.17, 15) is 8.78 Å². The molecular weight excluding hydrogens is 286 g/mol. The van der Waals surface area contributed by atoms with Crippen LogP contribution in [0.4, 0.5) is 8.78 Å². The molecule has 4 nitrogen and oxygen atoms in total. The van der Waals surface area contributed by atoms with Crippen LogP contribution < -0.4 is 16.8 Å². The minimum Gasteiger partial charge on any atom is -0.370 e. The molecule has 0 bridgehead atoms. The van der Waals surface area contributed by atoms with E-state index in [0.29, 0.717) is 25.1 Å². The predicted octanol–water partition coefficient (Wildman–Crippen LogP) is 2.54. The van der Waals surface area contributed by atoms with Crippen LogP contribution in [-0.4, -0.2) is 25.5 Å². The summed E-state index contributed by atoms with van der Waals surface area (Å²) in [6, 6.07) is 6.37. The van der Waals surface area contributed by atoms with Gasteiger partial charge in [0, 0.05) is 6.54 Å². The first kappa shape index (κ1) is 18.4. The summed E-state index contributed by atoms with van der Waals surface area (Å²) in [5.41, 5.74) is 12.1. The SMILES string of the molecule is CC(C)(C)c1ccc(C(NCCCN=C(N)N)C(F)F)cc1. The number of rotatable bonds is 7. The third kappa shape index (κ3) is 5.97. The van der Waals surface area contributed by atoms with Crippen LogP contribution in [0.3, 0.4) is 0 Å². The van der Waals surface area contributed by atoms with Crippen molar-refractivity contribution in [2.24, 2.45) is 16.5 Å². The summed E-state index contributed by atoms with van der Waals surface area (Å²) < 4.78 is 26.5. The molecule has 1 aromatic rings. The molecule has 124 valence electrons. The van der Waals surface area contributed by atoms with Crippen molar-refractivity contribution in [1.82, 2.24) is 5.32 Å². The maximum Gasteiger partial charge on any atom is 0.257 e. The average Bonchev–Trinajstić information content (AvgIpc) is 2.41. The number of hydrogen-bond donors (Lipinski definition) is 3. The highest BCUT2D eigenvalue weighted by atomic mass is 19.3. The van der Waals surface area contributed by atoms with Gasteiger partial charge in [-0.25, -0.2) is 8.78 Å². The molecule has 22 heavy (non-hydrogen) atoms. The molecule has 5 N–H and O–H groups in total. The highest BCUT2D eigenvalue weighted by Gasteiger charge is 2.22. The standard InChI is InChI=1S/C16H26F2N4/c1-16(2,3)12-7-5-11(6-8-12)13(14(17)18)21-9-4-10-22-15(19)20/h5-8,13-14,21H,4,9-10H2,1-3H3,(H4,19,20,22). The molecule has 0 amide bonds. The Labute approximate surface area is 131 Å². The maximum atomic E-state index is 13.2. The van der Waals surface area contributed by atoms with Gasteiger partial charge in [0.05, 0.1) is 6.04 Å². The number of hydrogen-bond acceptors (Lipinski definition) is 2. The van der Waals surface area contributed by atoms with E-state index in [0.717, 1.165) is 5.56 Å². The smallest absolute Gasteiger partial charge is 0.257 e. The molecule has 0 fully saturated rings. The summed E-state index contributed by atoms with van der Waals surface area (Å²) in [5.74, 6) is 0.0168. The molecule has 1 aromatic carbocycles. The summed E-state index contributed by atoms with van der Waals surface area (Å²) in [5, 5.41) is 2.87. The van der Waals surface area contributed by atoms with Crippen molar-refractivity contribution >= 4 is 5.96 Å². The number of alkyl halides is 2. The van der Waals surface area contributed by atoms with Crippen LogP contribution in [0.1, 0.15) is 44.4 Å². The zero-order valence-electron chi connectivity index (χ0n) is 13.4. The first-order valence-corrected chi connectivity index (χ1v) is 7.39. The fraction of sp³-hybridized carbons (Fsp3) is 0.562. The second kappa shape index (κ2) is 8.08. The highest BCUT2D eigenvalue weighted by Crippen LogP contribution is 2.26. The molecule has 1 atom stereocenters. The van der Waals surface area contributed by atoms with Crippen molar-refractivity contribution in [3.8, 4) is 0 Å². The minimum atomic E-state index is -2.47. The molecule has 0 aromatic heterocycles. The van der Waals surface area contributed by atoms with Crippen molar-refractivity contribution < 1.29 is 8.78 Å². The lowest BCUT2D eigenvalue weighted by Crippen LogP contribution is -2.29. The van der Waals surface area contributed by atoms with E-state index in [1.54, 1.807) is 12.1 Å². The van der Waals surface area contributed by atoms with Gasteiger partial charge in [-0.2, -0.15) is 0 Å². The lowest BCUT2D eigenvalue weighted by Gasteiger charge is -2.22. The lowest BCUT2D eigenvalue weighted by molar-refractivity contribution is 0.0984. The number of aliphatic imine (C=N–C) groups is 1. The van der Waals surface area contributed by atoms with Gasteiger partial charge < -0.3 is 16.8 Å². The van der Waals surface area contributed by atoms with Gasteiger partial charge in [0.2, 0.25) is 0 Å². The third-order valence-electron chi connectivity index (χ3n) is 3.38. The van der Waals surface area contributed by atoms with Gasteiger partial charge in [0.15, 0.2) is 5.96 Å². The van der Waals surface area contributed by atoms with Crippen molar-refractivity contribution in [3.05, 3.63) is 35.4 Å². The fourth-order valence-electron chi connectivity index (χ4n) is 2.09. The van der Waals surface area contributed by atoms with Crippen LogP contribution >= 0.6 is 0 Å². The molecule has 0 saturated heterocycles. The summed E-state index contributed by atoms with van der Waals surface area (Å²) in [6.45, 7) is 7.12. The Kier molecular flexibility index (Phi) is 6.74. The van der Waals surface area contributed by atoms with Gasteiger partial charge >= 0.3 is 0 Å². The summed E-state index contributed by atoms with van der Waals surface area (Å²) in [7, 11) is 0. The van der Waals surface area contributed by atoms with Gasteiger partial charge in [0.25, 0.3) is 6.43 Å². The van der Waals surface area contributed by atoms with Crippen LogP contribution in [0.15, 0.2) is 29.3 Å². The second-order valence-corrected chi connectivity index (χ2v) is 6.30. The number of nitrogens with two attached hydrogens (primary N) is 2. The third-order valence-corrected chi connectivity index (χ3v) is 3.38. The highest BCUT2D eigenvalue weighted by molar-refractivity contribution is 5.75. The van der Waals surface area contributed by atoms with E-state index in [4.69, 9.17) is 11.5 Å². The summed E-state index contributed by atoms with van der Waals surface area (Å²) >= 11 is 0. The van der Waals surface area contributed by atoms with Crippen molar-refractivity contribution in [2.75, 3.05) is 13.1 Å². The van der Waals surface area contributed by atoms with Crippen LogP contribution in [0, 0.1) is 0 Å². The van der Waals surface area contributed by atoms with E-state index < -0.39 is 12.5 Å². The van der Waals surface area contributed by atoms with Crippen molar-refractivity contribution in [2.45, 2.75) is 45.1 Å². The van der Waals surface area contributed by atoms with E-state index >= 15 is 0 Å². The molecular formula is C16H26F2N4. The molecule has 0 aliphatic rings. The zero-order chi connectivity index (χ0) is 16.8. The lowest BCUT2D eigenvalue weighted by atomic mass is 9.86. The Morgan fingerprint density at radius 2 is 1.77 bits per heavy atom. The van der Waals surface area contributed by atoms with Crippen LogP contribution in [0.25, 0.3) is 0 Å². The van der Waals surface area contributed by atoms with E-state index in [2.05, 4.69) is 31.1 Å². The van der Waals surface area contributed by atoms with Gasteiger partial charge in [0.1, 0.15) is 0 Å². The molecule has 0 saturated carbocycles. The van der Waals surface area contributed by atoms with Crippen LogP contribution in [-0.2, 0) is 5.41 Å². The second-order valence-electron chi connectivity index (χ2n) is 6.30. The summed E-state index contributed by atoms with van der Waals surface area (Å²) in [4.78, 5) is 3.82. The van der Waals surface area contributed by atoms with E-state index in [1.807, 2.05) is 12.1 Å². The monoisotopic (exact) mass is 312 g/mol. The molecule has 0 aliphatic carbocycles. The topological polar surface area (TPSA) is 76.4 Å². The number of halogens is 2. The van der Waals surface area contributed by atoms with Crippen molar-refractivity contribution in [1.29, 1.82) is 0 Å². The normalized spacial score (nSPS) is 13.2. The molecule has 0 aliphatic heterocycles. The van der Waals surface area contributed by atoms with Gasteiger partial charge in [-0.15, -0.1) is 0 Å². The first-order chi connectivity index (χ1) is 10.2. The van der Waals surface area contributed by atoms with Crippen LogP contribution in [0.5, 0.6) is 0 Å². The predicted molar refractivity (Wildman–Crippen MR) is 87.2 cm³/mol. The molecule has 1 unspecified atom stereocenters. The Bertz CT molecular complexity index is 474. The molecule has 1 rings (SSSR count). The van der Waals surface area contributed by atoms with E-state index in [1.165, 1.54) is 0 Å². The van der Waals surface area contributed by atoms with Gasteiger partial charge in [-0.3, -0.25) is 4.99 Å². The van der Waals surface area contributed by atoms with Crippen molar-refractivity contribution in [3.63, 3.8) is 0 Å². The van der Waals surface area contributed by atoms with Crippen LogP contribution in [0.2, 0.25) is 0 Å². The Morgan fingerprint density at radius 3 is 2.23 bits per heavy atom. The summed E-state index contributed by atoms with van der Waals surface area (Å²) in [6.07, 6.45) is -1.87. The fourth-order valence-corrected chi connectivity index (χ4v) is 2.09. The first-order valence-electron chi connectivity index (χ1n) is 7.39. The average molecular weight is 312 g/mol. The number of benzene rings is 1. The number of nitrogens with one attached hydrogen (secondary N) is 1. The van der Waals surface area contributed by atoms with Gasteiger partial charge in [-0.05, 0) is 29.5 Å². The van der Waals surface area contributed by atoms with Gasteiger partial charge in [-0.1, -0.05) is 45.0 Å². The zero-order valence-corrected chi connectivity index (χ0v) is 13.4. The minimum absolute atomic E-state index is 0.00639. The van der Waals surface area contributed by atoms with E-state index in [-0.39, 0.29) is 11.4 Å². The Morgan fingerprint density at radius 1 is 1.18 bits per heavy atom. The number of guanidine groups is 1. The number of nitrogens with zero attached hydrogens (tertiary/aromatic N) is 1.